The number of nitrogens with zero attached hydrogens (tertiary/aromatic N) is 4. The van der Waals surface area contributed by atoms with E-state index < -0.39 is 0 Å². The zero-order valence-corrected chi connectivity index (χ0v) is 16.9. The van der Waals surface area contributed by atoms with Gasteiger partial charge in [-0.3, -0.25) is 4.79 Å². The van der Waals surface area contributed by atoms with Crippen molar-refractivity contribution in [3.63, 3.8) is 0 Å². The number of methoxy groups -OCH3 is 1. The summed E-state index contributed by atoms with van der Waals surface area (Å²) in [6.07, 6.45) is 2.66. The van der Waals surface area contributed by atoms with Crippen LogP contribution in [0.2, 0.25) is 0 Å². The van der Waals surface area contributed by atoms with Crippen LogP contribution in [0.4, 0.5) is 5.95 Å². The standard InChI is InChI=1S/C22H28N4O2/c1-16-11-17(2)24-21(23-16)25-9-7-22(8-10-25)13-20(27)26(15-22)14-18-5-4-6-19(12-18)28-3/h4-6,11-12H,7-10,13-15H2,1-3H3. The number of carbonyl (C=O) groups is 1. The van der Waals surface area contributed by atoms with Crippen LogP contribution >= 0.6 is 0 Å². The first-order chi connectivity index (χ1) is 13.5. The van der Waals surface area contributed by atoms with Gasteiger partial charge < -0.3 is 14.5 Å². The predicted molar refractivity (Wildman–Crippen MR) is 108 cm³/mol. The quantitative estimate of drug-likeness (QED) is 0.816. The van der Waals surface area contributed by atoms with Gasteiger partial charge in [0.2, 0.25) is 11.9 Å². The highest BCUT2D eigenvalue weighted by Gasteiger charge is 2.45. The fourth-order valence-corrected chi connectivity index (χ4v) is 4.48. The smallest absolute Gasteiger partial charge is 0.225 e. The Bertz CT molecular complexity index is 854. The summed E-state index contributed by atoms with van der Waals surface area (Å²) in [6, 6.07) is 9.98. The number of anilines is 1. The average molecular weight is 380 g/mol. The van der Waals surface area contributed by atoms with Gasteiger partial charge in [-0.15, -0.1) is 0 Å². The molecule has 2 aliphatic heterocycles. The summed E-state index contributed by atoms with van der Waals surface area (Å²) in [5, 5.41) is 0. The van der Waals surface area contributed by atoms with Crippen LogP contribution in [0.3, 0.4) is 0 Å². The molecule has 3 heterocycles. The highest BCUT2D eigenvalue weighted by Crippen LogP contribution is 2.42. The van der Waals surface area contributed by atoms with E-state index in [1.165, 1.54) is 0 Å². The van der Waals surface area contributed by atoms with Gasteiger partial charge in [-0.25, -0.2) is 9.97 Å². The van der Waals surface area contributed by atoms with E-state index in [0.29, 0.717) is 13.0 Å². The molecule has 4 rings (SSSR count). The Hall–Kier alpha value is -2.63. The molecule has 2 fully saturated rings. The number of benzene rings is 1. The number of likely N-dealkylation sites (tertiary alicyclic amines) is 1. The van der Waals surface area contributed by atoms with Crippen molar-refractivity contribution < 1.29 is 9.53 Å². The topological polar surface area (TPSA) is 58.6 Å². The molecule has 0 unspecified atom stereocenters. The van der Waals surface area contributed by atoms with Crippen molar-refractivity contribution in [1.29, 1.82) is 0 Å². The molecule has 0 aliphatic carbocycles. The van der Waals surface area contributed by atoms with Gasteiger partial charge in [0.25, 0.3) is 0 Å². The van der Waals surface area contributed by atoms with E-state index in [1.807, 2.05) is 43.0 Å². The van der Waals surface area contributed by atoms with Gasteiger partial charge in [0.1, 0.15) is 5.75 Å². The van der Waals surface area contributed by atoms with Gasteiger partial charge in [0.15, 0.2) is 0 Å². The van der Waals surface area contributed by atoms with Crippen LogP contribution in [0.1, 0.15) is 36.2 Å². The first-order valence-corrected chi connectivity index (χ1v) is 9.94. The van der Waals surface area contributed by atoms with Gasteiger partial charge in [0.05, 0.1) is 7.11 Å². The zero-order chi connectivity index (χ0) is 19.7. The Kier molecular flexibility index (Phi) is 4.96. The lowest BCUT2D eigenvalue weighted by Gasteiger charge is -2.39. The van der Waals surface area contributed by atoms with E-state index in [-0.39, 0.29) is 11.3 Å². The normalized spacial score (nSPS) is 18.8. The van der Waals surface area contributed by atoms with Gasteiger partial charge in [-0.05, 0) is 50.5 Å². The maximum atomic E-state index is 12.7. The van der Waals surface area contributed by atoms with Crippen LogP contribution < -0.4 is 9.64 Å². The third-order valence-corrected chi connectivity index (χ3v) is 5.99. The lowest BCUT2D eigenvalue weighted by molar-refractivity contribution is -0.128. The van der Waals surface area contributed by atoms with E-state index in [2.05, 4.69) is 20.9 Å². The van der Waals surface area contributed by atoms with E-state index >= 15 is 0 Å². The summed E-state index contributed by atoms with van der Waals surface area (Å²) in [7, 11) is 1.67. The second-order valence-electron chi connectivity index (χ2n) is 8.22. The molecule has 2 aromatic rings. The first kappa shape index (κ1) is 18.7. The van der Waals surface area contributed by atoms with Gasteiger partial charge in [0, 0.05) is 49.4 Å². The van der Waals surface area contributed by atoms with Crippen LogP contribution in [0.5, 0.6) is 5.75 Å². The number of hydrogen-bond acceptors (Lipinski definition) is 5. The lowest BCUT2D eigenvalue weighted by Crippen LogP contribution is -2.42. The van der Waals surface area contributed by atoms with Crippen molar-refractivity contribution >= 4 is 11.9 Å². The minimum Gasteiger partial charge on any atom is -0.497 e. The van der Waals surface area contributed by atoms with Crippen LogP contribution in [-0.2, 0) is 11.3 Å². The van der Waals surface area contributed by atoms with Crippen molar-refractivity contribution in [2.24, 2.45) is 5.41 Å². The molecule has 2 saturated heterocycles. The Morgan fingerprint density at radius 1 is 1.11 bits per heavy atom. The third-order valence-electron chi connectivity index (χ3n) is 5.99. The summed E-state index contributed by atoms with van der Waals surface area (Å²) in [5.74, 6) is 1.92. The van der Waals surface area contributed by atoms with Crippen molar-refractivity contribution in [3.05, 3.63) is 47.3 Å². The highest BCUT2D eigenvalue weighted by molar-refractivity contribution is 5.79. The lowest BCUT2D eigenvalue weighted by atomic mass is 9.77. The minimum absolute atomic E-state index is 0.0886. The van der Waals surface area contributed by atoms with Gasteiger partial charge in [-0.2, -0.15) is 0 Å². The molecule has 0 N–H and O–H groups in total. The third kappa shape index (κ3) is 3.81. The van der Waals surface area contributed by atoms with Crippen molar-refractivity contribution in [3.8, 4) is 5.75 Å². The first-order valence-electron chi connectivity index (χ1n) is 9.94. The van der Waals surface area contributed by atoms with Crippen molar-refractivity contribution in [2.75, 3.05) is 31.6 Å². The molecular weight excluding hydrogens is 352 g/mol. The Balaban J connectivity index is 1.41. The molecule has 148 valence electrons. The van der Waals surface area contributed by atoms with Crippen molar-refractivity contribution in [1.82, 2.24) is 14.9 Å². The van der Waals surface area contributed by atoms with Crippen LogP contribution in [0, 0.1) is 19.3 Å². The molecule has 1 amide bonds. The number of amides is 1. The second kappa shape index (κ2) is 7.41. The minimum atomic E-state index is 0.0886. The molecule has 0 bridgehead atoms. The zero-order valence-electron chi connectivity index (χ0n) is 16.9. The molecule has 0 radical (unpaired) electrons. The van der Waals surface area contributed by atoms with Gasteiger partial charge in [-0.1, -0.05) is 12.1 Å². The Morgan fingerprint density at radius 3 is 2.50 bits per heavy atom. The second-order valence-corrected chi connectivity index (χ2v) is 8.22. The molecule has 28 heavy (non-hydrogen) atoms. The number of aromatic nitrogens is 2. The molecule has 6 nitrogen and oxygen atoms in total. The van der Waals surface area contributed by atoms with Gasteiger partial charge >= 0.3 is 0 Å². The molecule has 1 aromatic carbocycles. The summed E-state index contributed by atoms with van der Waals surface area (Å²) in [5.41, 5.74) is 3.21. The number of aryl methyl sites for hydroxylation is 2. The predicted octanol–water partition coefficient (Wildman–Crippen LogP) is 3.12. The summed E-state index contributed by atoms with van der Waals surface area (Å²) in [4.78, 5) is 26.2. The molecule has 1 spiro atoms. The summed E-state index contributed by atoms with van der Waals surface area (Å²) < 4.78 is 5.31. The maximum Gasteiger partial charge on any atom is 0.225 e. The fraction of sp³-hybridized carbons (Fsp3) is 0.500. The number of piperidine rings is 1. The SMILES string of the molecule is COc1cccc(CN2CC3(CCN(c4nc(C)cc(C)n4)CC3)CC2=O)c1. The van der Waals surface area contributed by atoms with E-state index in [1.54, 1.807) is 7.11 Å². The maximum absolute atomic E-state index is 12.7. The Labute approximate surface area is 166 Å². The fourth-order valence-electron chi connectivity index (χ4n) is 4.48. The van der Waals surface area contributed by atoms with Crippen LogP contribution in [0.15, 0.2) is 30.3 Å². The van der Waals surface area contributed by atoms with E-state index in [9.17, 15) is 4.79 Å². The van der Waals surface area contributed by atoms with E-state index in [4.69, 9.17) is 4.74 Å². The van der Waals surface area contributed by atoms with Crippen LogP contribution in [0.25, 0.3) is 0 Å². The molecule has 2 aliphatic rings. The number of hydrogen-bond donors (Lipinski definition) is 0. The summed E-state index contributed by atoms with van der Waals surface area (Å²) >= 11 is 0. The van der Waals surface area contributed by atoms with E-state index in [0.717, 1.165) is 61.1 Å². The number of carbonyl (C=O) groups excluding carboxylic acids is 1. The number of rotatable bonds is 4. The molecule has 0 saturated carbocycles. The number of ether oxygens (including phenoxy) is 1. The Morgan fingerprint density at radius 2 is 1.82 bits per heavy atom. The summed E-state index contributed by atoms with van der Waals surface area (Å²) in [6.45, 7) is 7.32. The molecular formula is C22H28N4O2. The molecule has 1 aromatic heterocycles. The molecule has 0 atom stereocenters. The molecule has 6 heteroatoms. The van der Waals surface area contributed by atoms with Crippen molar-refractivity contribution in [2.45, 2.75) is 39.7 Å². The van der Waals surface area contributed by atoms with Crippen LogP contribution in [-0.4, -0.2) is 47.5 Å². The monoisotopic (exact) mass is 380 g/mol. The highest BCUT2D eigenvalue weighted by atomic mass is 16.5. The largest absolute Gasteiger partial charge is 0.497 e. The average Bonchev–Trinajstić information content (AvgIpc) is 2.96.